The van der Waals surface area contributed by atoms with E-state index in [2.05, 4.69) is 20.8 Å². The lowest BCUT2D eigenvalue weighted by Gasteiger charge is -2.05. The quantitative estimate of drug-likeness (QED) is 0.719. The highest BCUT2D eigenvalue weighted by atomic mass is 16.3. The Morgan fingerprint density at radius 3 is 1.67 bits per heavy atom. The Labute approximate surface area is 113 Å². The zero-order valence-electron chi connectivity index (χ0n) is 13.0. The van der Waals surface area contributed by atoms with E-state index in [4.69, 9.17) is 4.42 Å². The molecule has 0 amide bonds. The maximum Gasteiger partial charge on any atom is 0.129 e. The highest BCUT2D eigenvalue weighted by Gasteiger charge is 1.95. The SMILES string of the molecule is CCC(C)=O.CCC(CC)CC.Cc1ccco1. The highest BCUT2D eigenvalue weighted by Crippen LogP contribution is 2.10. The van der Waals surface area contributed by atoms with Gasteiger partial charge in [-0.25, -0.2) is 0 Å². The smallest absolute Gasteiger partial charge is 0.129 e. The molecule has 2 nitrogen and oxygen atoms in total. The number of Topliss-reactive ketones (excluding diaryl/α,β-unsaturated/α-hetero) is 1. The van der Waals surface area contributed by atoms with Crippen LogP contribution in [0.5, 0.6) is 0 Å². The average Bonchev–Trinajstić information content (AvgIpc) is 2.84. The predicted molar refractivity (Wildman–Crippen MR) is 78.8 cm³/mol. The van der Waals surface area contributed by atoms with Gasteiger partial charge in [-0.2, -0.15) is 0 Å². The Morgan fingerprint density at radius 2 is 1.61 bits per heavy atom. The summed E-state index contributed by atoms with van der Waals surface area (Å²) in [4.78, 5) is 9.81. The summed E-state index contributed by atoms with van der Waals surface area (Å²) in [7, 11) is 0. The number of aryl methyl sites for hydroxylation is 1. The molecule has 1 rings (SSSR count). The third-order valence-electron chi connectivity index (χ3n) is 2.89. The van der Waals surface area contributed by atoms with Crippen molar-refractivity contribution < 1.29 is 9.21 Å². The number of furan rings is 1. The Kier molecular flexibility index (Phi) is 15.0. The third-order valence-corrected chi connectivity index (χ3v) is 2.89. The van der Waals surface area contributed by atoms with Crippen LogP contribution in [0, 0.1) is 12.8 Å². The zero-order valence-corrected chi connectivity index (χ0v) is 13.0. The molecule has 106 valence electrons. The maximum atomic E-state index is 9.81. The van der Waals surface area contributed by atoms with E-state index in [1.54, 1.807) is 13.2 Å². The molecule has 0 aliphatic rings. The normalized spacial score (nSPS) is 9.06. The van der Waals surface area contributed by atoms with Crippen LogP contribution in [-0.2, 0) is 4.79 Å². The molecule has 0 spiro atoms. The molecule has 18 heavy (non-hydrogen) atoms. The van der Waals surface area contributed by atoms with Gasteiger partial charge in [0.15, 0.2) is 0 Å². The van der Waals surface area contributed by atoms with Gasteiger partial charge >= 0.3 is 0 Å². The summed E-state index contributed by atoms with van der Waals surface area (Å²) < 4.78 is 4.83. The Hall–Kier alpha value is -1.05. The Balaban J connectivity index is 0. The van der Waals surface area contributed by atoms with Crippen LogP contribution in [0.15, 0.2) is 22.8 Å². The van der Waals surface area contributed by atoms with Crippen molar-refractivity contribution in [1.82, 2.24) is 0 Å². The van der Waals surface area contributed by atoms with Crippen LogP contribution < -0.4 is 0 Å². The molecule has 1 heterocycles. The molecule has 0 radical (unpaired) electrons. The van der Waals surface area contributed by atoms with Crippen LogP contribution >= 0.6 is 0 Å². The lowest BCUT2D eigenvalue weighted by molar-refractivity contribution is -0.116. The van der Waals surface area contributed by atoms with Crippen LogP contribution in [0.2, 0.25) is 0 Å². The highest BCUT2D eigenvalue weighted by molar-refractivity contribution is 5.74. The molecular formula is C16H30O2. The Morgan fingerprint density at radius 1 is 1.17 bits per heavy atom. The fourth-order valence-electron chi connectivity index (χ4n) is 1.23. The number of carbonyl (C=O) groups excluding carboxylic acids is 1. The van der Waals surface area contributed by atoms with Crippen molar-refractivity contribution in [2.75, 3.05) is 0 Å². The predicted octanol–water partition coefficient (Wildman–Crippen LogP) is 5.41. The minimum Gasteiger partial charge on any atom is -0.470 e. The van der Waals surface area contributed by atoms with E-state index in [9.17, 15) is 4.79 Å². The topological polar surface area (TPSA) is 30.2 Å². The molecule has 0 fully saturated rings. The number of hydrogen-bond donors (Lipinski definition) is 0. The zero-order chi connectivity index (χ0) is 14.4. The number of hydrogen-bond acceptors (Lipinski definition) is 2. The summed E-state index contributed by atoms with van der Waals surface area (Å²) in [6.07, 6.45) is 6.39. The summed E-state index contributed by atoms with van der Waals surface area (Å²) in [5, 5.41) is 0. The molecule has 0 saturated carbocycles. The Bertz CT molecular complexity index is 253. The van der Waals surface area contributed by atoms with Crippen molar-refractivity contribution >= 4 is 5.78 Å². The van der Waals surface area contributed by atoms with Gasteiger partial charge in [0.2, 0.25) is 0 Å². The maximum absolute atomic E-state index is 9.81. The summed E-state index contributed by atoms with van der Waals surface area (Å²) in [6, 6.07) is 3.79. The first-order chi connectivity index (χ1) is 8.51. The van der Waals surface area contributed by atoms with Crippen molar-refractivity contribution in [1.29, 1.82) is 0 Å². The lowest BCUT2D eigenvalue weighted by atomic mass is 10.0. The minimum absolute atomic E-state index is 0.255. The van der Waals surface area contributed by atoms with Crippen molar-refractivity contribution in [3.05, 3.63) is 24.2 Å². The van der Waals surface area contributed by atoms with Crippen LogP contribution in [-0.4, -0.2) is 5.78 Å². The molecule has 1 aromatic heterocycles. The second kappa shape index (κ2) is 14.0. The van der Waals surface area contributed by atoms with Crippen molar-refractivity contribution in [2.45, 2.75) is 67.2 Å². The van der Waals surface area contributed by atoms with Gasteiger partial charge in [0.05, 0.1) is 6.26 Å². The fraction of sp³-hybridized carbons (Fsp3) is 0.688. The first kappa shape index (κ1) is 19.3. The summed E-state index contributed by atoms with van der Waals surface area (Å²) in [6.45, 7) is 12.1. The minimum atomic E-state index is 0.255. The average molecular weight is 254 g/mol. The van der Waals surface area contributed by atoms with Gasteiger partial charge in [0, 0.05) is 6.42 Å². The fourth-order valence-corrected chi connectivity index (χ4v) is 1.23. The molecule has 0 aliphatic carbocycles. The second-order valence-electron chi connectivity index (χ2n) is 4.37. The summed E-state index contributed by atoms with van der Waals surface area (Å²) >= 11 is 0. The number of rotatable bonds is 4. The van der Waals surface area contributed by atoms with E-state index in [0.29, 0.717) is 6.42 Å². The van der Waals surface area contributed by atoms with E-state index in [1.165, 1.54) is 19.3 Å². The van der Waals surface area contributed by atoms with E-state index >= 15 is 0 Å². The van der Waals surface area contributed by atoms with Gasteiger partial charge < -0.3 is 9.21 Å². The molecule has 0 N–H and O–H groups in total. The van der Waals surface area contributed by atoms with Gasteiger partial charge in [-0.15, -0.1) is 0 Å². The number of carbonyl (C=O) groups is 1. The van der Waals surface area contributed by atoms with Crippen LogP contribution in [0.25, 0.3) is 0 Å². The molecule has 0 bridgehead atoms. The van der Waals surface area contributed by atoms with E-state index < -0.39 is 0 Å². The molecule has 0 atom stereocenters. The van der Waals surface area contributed by atoms with Gasteiger partial charge in [-0.1, -0.05) is 47.0 Å². The number of ketones is 1. The van der Waals surface area contributed by atoms with Crippen molar-refractivity contribution in [3.8, 4) is 0 Å². The largest absolute Gasteiger partial charge is 0.470 e. The van der Waals surface area contributed by atoms with Gasteiger partial charge in [0.25, 0.3) is 0 Å². The van der Waals surface area contributed by atoms with Crippen LogP contribution in [0.4, 0.5) is 0 Å². The van der Waals surface area contributed by atoms with Crippen molar-refractivity contribution in [2.24, 2.45) is 5.92 Å². The molecule has 0 unspecified atom stereocenters. The van der Waals surface area contributed by atoms with Crippen LogP contribution in [0.3, 0.4) is 0 Å². The first-order valence-electron chi connectivity index (χ1n) is 7.01. The molecule has 0 saturated heterocycles. The third kappa shape index (κ3) is 14.9. The monoisotopic (exact) mass is 254 g/mol. The van der Waals surface area contributed by atoms with Gasteiger partial charge in [-0.05, 0) is 31.9 Å². The second-order valence-corrected chi connectivity index (χ2v) is 4.37. The standard InChI is InChI=1S/C7H16.C5H6O.C4H8O/c1-4-7(5-2)6-3;1-5-3-2-4-6-5;1-3-4(2)5/h7H,4-6H2,1-3H3;2-4H,1H3;3H2,1-2H3. The molecule has 0 aromatic carbocycles. The molecule has 1 aromatic rings. The summed E-state index contributed by atoms with van der Waals surface area (Å²) in [5.41, 5.74) is 0. The van der Waals surface area contributed by atoms with Crippen LogP contribution in [0.1, 0.15) is 66.1 Å². The van der Waals surface area contributed by atoms with Gasteiger partial charge in [0.1, 0.15) is 11.5 Å². The summed E-state index contributed by atoms with van der Waals surface area (Å²) in [5.74, 6) is 2.21. The molecular weight excluding hydrogens is 224 g/mol. The van der Waals surface area contributed by atoms with E-state index in [-0.39, 0.29) is 5.78 Å². The lowest BCUT2D eigenvalue weighted by Crippen LogP contribution is -1.91. The van der Waals surface area contributed by atoms with E-state index in [0.717, 1.165) is 11.7 Å². The molecule has 0 aliphatic heterocycles. The van der Waals surface area contributed by atoms with Crippen molar-refractivity contribution in [3.63, 3.8) is 0 Å². The van der Waals surface area contributed by atoms with Gasteiger partial charge in [-0.3, -0.25) is 0 Å². The molecule has 2 heteroatoms. The first-order valence-corrected chi connectivity index (χ1v) is 7.01. The van der Waals surface area contributed by atoms with E-state index in [1.807, 2.05) is 26.0 Å².